The van der Waals surface area contributed by atoms with Crippen molar-refractivity contribution in [3.8, 4) is 0 Å². The number of aryl methyl sites for hydroxylation is 1. The number of amides is 2. The van der Waals surface area contributed by atoms with Crippen LogP contribution in [0.4, 0.5) is 0 Å². The molecular formula is C21H28N4O2. The molecule has 4 rings (SSSR count). The number of β-lactam (4-membered cyclic amide) rings is 1. The summed E-state index contributed by atoms with van der Waals surface area (Å²) >= 11 is 0. The summed E-state index contributed by atoms with van der Waals surface area (Å²) in [5, 5.41) is 3.06. The standard InChI is InChI=1S/C21H28N4O2/c1-14(2)25-18(21(20(25)27)11-7-4-8-12-21)19(26)22-13-17-23-15-9-5-6-10-16(15)24(17)3/h5-6,9-10,14,18H,4,7-8,11-13H2,1-3H3,(H,22,26). The molecular weight excluding hydrogens is 340 g/mol. The maximum absolute atomic E-state index is 13.1. The molecule has 6 heteroatoms. The van der Waals surface area contributed by atoms with Crippen LogP contribution in [0.3, 0.4) is 0 Å². The van der Waals surface area contributed by atoms with E-state index in [4.69, 9.17) is 0 Å². The Morgan fingerprint density at radius 3 is 2.63 bits per heavy atom. The summed E-state index contributed by atoms with van der Waals surface area (Å²) in [5.41, 5.74) is 1.50. The lowest BCUT2D eigenvalue weighted by atomic mass is 9.61. The van der Waals surface area contributed by atoms with Gasteiger partial charge >= 0.3 is 0 Å². The molecule has 6 nitrogen and oxygen atoms in total. The smallest absolute Gasteiger partial charge is 0.244 e. The molecule has 1 aromatic carbocycles. The first-order valence-electron chi connectivity index (χ1n) is 9.96. The Bertz CT molecular complexity index is 879. The highest BCUT2D eigenvalue weighted by atomic mass is 16.2. The monoisotopic (exact) mass is 368 g/mol. The number of nitrogens with one attached hydrogen (secondary N) is 1. The molecule has 1 spiro atoms. The Morgan fingerprint density at radius 1 is 1.26 bits per heavy atom. The quantitative estimate of drug-likeness (QED) is 0.844. The average molecular weight is 368 g/mol. The van der Waals surface area contributed by atoms with E-state index in [2.05, 4.69) is 10.3 Å². The number of fused-ring (bicyclic) bond motifs is 1. The molecule has 1 aliphatic heterocycles. The van der Waals surface area contributed by atoms with Gasteiger partial charge in [0, 0.05) is 13.1 Å². The summed E-state index contributed by atoms with van der Waals surface area (Å²) in [6.07, 6.45) is 4.89. The third kappa shape index (κ3) is 2.73. The zero-order valence-electron chi connectivity index (χ0n) is 16.4. The summed E-state index contributed by atoms with van der Waals surface area (Å²) in [5.74, 6) is 0.946. The molecule has 2 amide bonds. The van der Waals surface area contributed by atoms with Crippen molar-refractivity contribution in [3.05, 3.63) is 30.1 Å². The molecule has 1 saturated carbocycles. The van der Waals surface area contributed by atoms with Gasteiger partial charge in [0.1, 0.15) is 11.9 Å². The Kier molecular flexibility index (Phi) is 4.44. The minimum absolute atomic E-state index is 0.0385. The average Bonchev–Trinajstić information content (AvgIpc) is 3.00. The molecule has 2 aromatic rings. The largest absolute Gasteiger partial charge is 0.347 e. The van der Waals surface area contributed by atoms with Gasteiger partial charge in [-0.1, -0.05) is 31.4 Å². The van der Waals surface area contributed by atoms with Gasteiger partial charge in [-0.2, -0.15) is 0 Å². The summed E-state index contributed by atoms with van der Waals surface area (Å²) in [4.78, 5) is 32.4. The van der Waals surface area contributed by atoms with E-state index in [-0.39, 0.29) is 23.9 Å². The number of hydrogen-bond donors (Lipinski definition) is 1. The highest BCUT2D eigenvalue weighted by Gasteiger charge is 2.63. The van der Waals surface area contributed by atoms with Crippen LogP contribution in [0.25, 0.3) is 11.0 Å². The predicted octanol–water partition coefficient (Wildman–Crippen LogP) is 2.76. The number of rotatable bonds is 4. The predicted molar refractivity (Wildman–Crippen MR) is 104 cm³/mol. The van der Waals surface area contributed by atoms with Crippen molar-refractivity contribution in [1.29, 1.82) is 0 Å². The van der Waals surface area contributed by atoms with Gasteiger partial charge < -0.3 is 14.8 Å². The zero-order chi connectivity index (χ0) is 19.2. The molecule has 1 aromatic heterocycles. The van der Waals surface area contributed by atoms with Crippen molar-refractivity contribution in [1.82, 2.24) is 19.8 Å². The van der Waals surface area contributed by atoms with Crippen LogP contribution in [0, 0.1) is 5.41 Å². The number of likely N-dealkylation sites (tertiary alicyclic amines) is 1. The topological polar surface area (TPSA) is 67.2 Å². The SMILES string of the molecule is CC(C)N1C(=O)C2(CCCCC2)C1C(=O)NCc1nc2ccccc2n1C. The lowest BCUT2D eigenvalue weighted by Crippen LogP contribution is -2.75. The van der Waals surface area contributed by atoms with E-state index in [0.717, 1.165) is 49.0 Å². The maximum atomic E-state index is 13.1. The summed E-state index contributed by atoms with van der Waals surface area (Å²) in [7, 11) is 1.97. The molecule has 1 saturated heterocycles. The molecule has 1 unspecified atom stereocenters. The highest BCUT2D eigenvalue weighted by molar-refractivity contribution is 6.02. The van der Waals surface area contributed by atoms with Crippen molar-refractivity contribution < 1.29 is 9.59 Å². The van der Waals surface area contributed by atoms with Crippen LogP contribution in [-0.2, 0) is 23.2 Å². The number of carbonyl (C=O) groups excluding carboxylic acids is 2. The summed E-state index contributed by atoms with van der Waals surface area (Å²) in [6, 6.07) is 7.64. The summed E-state index contributed by atoms with van der Waals surface area (Å²) < 4.78 is 2.01. The second-order valence-corrected chi connectivity index (χ2v) is 8.22. The lowest BCUT2D eigenvalue weighted by Gasteiger charge is -2.58. The number of nitrogens with zero attached hydrogens (tertiary/aromatic N) is 3. The minimum Gasteiger partial charge on any atom is -0.347 e. The minimum atomic E-state index is -0.473. The van der Waals surface area contributed by atoms with E-state index in [1.807, 2.05) is 49.7 Å². The maximum Gasteiger partial charge on any atom is 0.244 e. The Balaban J connectivity index is 1.53. The van der Waals surface area contributed by atoms with Crippen LogP contribution < -0.4 is 5.32 Å². The van der Waals surface area contributed by atoms with Crippen molar-refractivity contribution in [3.63, 3.8) is 0 Å². The van der Waals surface area contributed by atoms with E-state index in [0.29, 0.717) is 6.54 Å². The molecule has 2 heterocycles. The first kappa shape index (κ1) is 18.0. The fourth-order valence-corrected chi connectivity index (χ4v) is 4.89. The Hall–Kier alpha value is -2.37. The van der Waals surface area contributed by atoms with E-state index in [1.54, 1.807) is 4.90 Å². The second-order valence-electron chi connectivity index (χ2n) is 8.22. The number of para-hydroxylation sites is 2. The molecule has 1 aliphatic carbocycles. The number of benzene rings is 1. The van der Waals surface area contributed by atoms with Gasteiger partial charge in [-0.05, 0) is 38.8 Å². The van der Waals surface area contributed by atoms with Crippen molar-refractivity contribution >= 4 is 22.8 Å². The van der Waals surface area contributed by atoms with Gasteiger partial charge in [-0.25, -0.2) is 4.98 Å². The lowest BCUT2D eigenvalue weighted by molar-refractivity contribution is -0.186. The Morgan fingerprint density at radius 2 is 1.96 bits per heavy atom. The normalized spacial score (nSPS) is 21.7. The van der Waals surface area contributed by atoms with E-state index in [1.165, 1.54) is 0 Å². The Labute approximate surface area is 159 Å². The van der Waals surface area contributed by atoms with E-state index >= 15 is 0 Å². The molecule has 144 valence electrons. The fraction of sp³-hybridized carbons (Fsp3) is 0.571. The van der Waals surface area contributed by atoms with Crippen LogP contribution in [0.2, 0.25) is 0 Å². The van der Waals surface area contributed by atoms with Crippen LogP contribution in [0.15, 0.2) is 24.3 Å². The van der Waals surface area contributed by atoms with Crippen LogP contribution in [0.1, 0.15) is 51.8 Å². The molecule has 0 bridgehead atoms. The molecule has 27 heavy (non-hydrogen) atoms. The van der Waals surface area contributed by atoms with Gasteiger partial charge in [0.05, 0.1) is 23.0 Å². The van der Waals surface area contributed by atoms with Gasteiger partial charge in [0.2, 0.25) is 11.8 Å². The van der Waals surface area contributed by atoms with Gasteiger partial charge in [-0.15, -0.1) is 0 Å². The number of aromatic nitrogens is 2. The second kappa shape index (κ2) is 6.66. The zero-order valence-corrected chi connectivity index (χ0v) is 16.4. The molecule has 0 radical (unpaired) electrons. The molecule has 1 N–H and O–H groups in total. The van der Waals surface area contributed by atoms with E-state index in [9.17, 15) is 9.59 Å². The molecule has 2 aliphatic rings. The van der Waals surface area contributed by atoms with Gasteiger partial charge in [0.15, 0.2) is 0 Å². The fourth-order valence-electron chi connectivity index (χ4n) is 4.89. The number of carbonyl (C=O) groups is 2. The molecule has 1 atom stereocenters. The van der Waals surface area contributed by atoms with E-state index < -0.39 is 5.41 Å². The van der Waals surface area contributed by atoms with Crippen molar-refractivity contribution in [2.75, 3.05) is 0 Å². The third-order valence-electron chi connectivity index (χ3n) is 6.31. The van der Waals surface area contributed by atoms with Crippen LogP contribution in [0.5, 0.6) is 0 Å². The van der Waals surface area contributed by atoms with Crippen molar-refractivity contribution in [2.45, 2.75) is 64.6 Å². The first-order chi connectivity index (χ1) is 13.0. The van der Waals surface area contributed by atoms with Crippen LogP contribution >= 0.6 is 0 Å². The first-order valence-corrected chi connectivity index (χ1v) is 9.96. The highest BCUT2D eigenvalue weighted by Crippen LogP contribution is 2.51. The van der Waals surface area contributed by atoms with Crippen LogP contribution in [-0.4, -0.2) is 38.3 Å². The third-order valence-corrected chi connectivity index (χ3v) is 6.31. The van der Waals surface area contributed by atoms with Gasteiger partial charge in [-0.3, -0.25) is 9.59 Å². The molecule has 2 fully saturated rings. The summed E-state index contributed by atoms with van der Waals surface area (Å²) in [6.45, 7) is 4.34. The van der Waals surface area contributed by atoms with Crippen molar-refractivity contribution in [2.24, 2.45) is 12.5 Å². The number of imidazole rings is 1. The van der Waals surface area contributed by atoms with Gasteiger partial charge in [0.25, 0.3) is 0 Å². The number of hydrogen-bond acceptors (Lipinski definition) is 3.